The molecule has 2 saturated heterocycles. The van der Waals surface area contributed by atoms with Crippen LogP contribution in [0.5, 0.6) is 0 Å². The molecular weight excluding hydrogens is 238 g/mol. The molecule has 0 aromatic heterocycles. The van der Waals surface area contributed by atoms with E-state index in [0.717, 1.165) is 19.5 Å². The van der Waals surface area contributed by atoms with E-state index in [1.165, 1.54) is 19.4 Å². The molecule has 19 heavy (non-hydrogen) atoms. The number of rotatable bonds is 1. The Hall–Kier alpha value is -0.610. The molecule has 0 spiro atoms. The van der Waals surface area contributed by atoms with E-state index in [9.17, 15) is 4.79 Å². The maximum atomic E-state index is 12.5. The van der Waals surface area contributed by atoms with Crippen LogP contribution >= 0.6 is 0 Å². The lowest BCUT2D eigenvalue weighted by Gasteiger charge is -2.47. The van der Waals surface area contributed by atoms with Gasteiger partial charge in [0.15, 0.2) is 0 Å². The summed E-state index contributed by atoms with van der Waals surface area (Å²) >= 11 is 0. The molecule has 0 saturated carbocycles. The van der Waals surface area contributed by atoms with Gasteiger partial charge in [-0.1, -0.05) is 20.8 Å². The van der Waals surface area contributed by atoms with Gasteiger partial charge in [-0.2, -0.15) is 0 Å². The predicted molar refractivity (Wildman–Crippen MR) is 77.8 cm³/mol. The van der Waals surface area contributed by atoms with Gasteiger partial charge >= 0.3 is 0 Å². The summed E-state index contributed by atoms with van der Waals surface area (Å²) in [5, 5.41) is 0. The summed E-state index contributed by atoms with van der Waals surface area (Å²) in [6, 6.07) is 0.286. The number of amides is 1. The largest absolute Gasteiger partial charge is 0.341 e. The van der Waals surface area contributed by atoms with Gasteiger partial charge in [-0.15, -0.1) is 0 Å². The zero-order valence-corrected chi connectivity index (χ0v) is 12.9. The first kappa shape index (κ1) is 14.8. The normalized spacial score (nSPS) is 30.9. The Labute approximate surface area is 117 Å². The Bertz CT molecular complexity index is 337. The third-order valence-corrected chi connectivity index (χ3v) is 4.86. The highest BCUT2D eigenvalue weighted by Crippen LogP contribution is 2.30. The molecule has 0 aliphatic carbocycles. The molecule has 2 fully saturated rings. The van der Waals surface area contributed by atoms with Crippen molar-refractivity contribution in [3.63, 3.8) is 0 Å². The van der Waals surface area contributed by atoms with Crippen molar-refractivity contribution in [2.45, 2.75) is 52.1 Å². The quantitative estimate of drug-likeness (QED) is 0.779. The van der Waals surface area contributed by atoms with Crippen molar-refractivity contribution < 1.29 is 4.79 Å². The second-order valence-corrected chi connectivity index (χ2v) is 7.37. The average molecular weight is 267 g/mol. The minimum Gasteiger partial charge on any atom is -0.341 e. The number of carbonyl (C=O) groups excluding carboxylic acids is 1. The Kier molecular flexibility index (Phi) is 4.21. The molecule has 1 amide bonds. The van der Waals surface area contributed by atoms with Crippen molar-refractivity contribution in [3.8, 4) is 0 Å². The fraction of sp³-hybridized carbons (Fsp3) is 0.933. The molecule has 2 aliphatic heterocycles. The molecular formula is C15H29N3O. The zero-order chi connectivity index (χ0) is 14.2. The van der Waals surface area contributed by atoms with Crippen molar-refractivity contribution in [1.82, 2.24) is 9.80 Å². The van der Waals surface area contributed by atoms with Crippen LogP contribution in [-0.2, 0) is 4.79 Å². The van der Waals surface area contributed by atoms with Gasteiger partial charge in [0.1, 0.15) is 0 Å². The molecule has 2 N–H and O–H groups in total. The first-order valence-electron chi connectivity index (χ1n) is 7.55. The lowest BCUT2D eigenvalue weighted by Crippen LogP contribution is -2.58. The number of likely N-dealkylation sites (tertiary alicyclic amines) is 2. The van der Waals surface area contributed by atoms with Crippen molar-refractivity contribution in [3.05, 3.63) is 0 Å². The molecule has 0 aromatic rings. The highest BCUT2D eigenvalue weighted by molar-refractivity contribution is 5.82. The van der Waals surface area contributed by atoms with E-state index in [1.54, 1.807) is 0 Å². The number of piperidine rings is 2. The second-order valence-electron chi connectivity index (χ2n) is 7.37. The number of hydrogen-bond acceptors (Lipinski definition) is 3. The van der Waals surface area contributed by atoms with Crippen LogP contribution in [0.25, 0.3) is 0 Å². The summed E-state index contributed by atoms with van der Waals surface area (Å²) in [5.41, 5.74) is 5.96. The van der Waals surface area contributed by atoms with E-state index < -0.39 is 0 Å². The fourth-order valence-corrected chi connectivity index (χ4v) is 3.42. The van der Waals surface area contributed by atoms with Crippen LogP contribution < -0.4 is 5.73 Å². The number of nitrogens with zero attached hydrogens (tertiary/aromatic N) is 2. The van der Waals surface area contributed by atoms with E-state index in [0.29, 0.717) is 12.0 Å². The van der Waals surface area contributed by atoms with Gasteiger partial charge in [0.25, 0.3) is 0 Å². The highest BCUT2D eigenvalue weighted by Gasteiger charge is 2.38. The van der Waals surface area contributed by atoms with Crippen LogP contribution in [0.1, 0.15) is 40.0 Å². The summed E-state index contributed by atoms with van der Waals surface area (Å²) in [7, 11) is 2.22. The Morgan fingerprint density at radius 2 is 1.95 bits per heavy atom. The molecule has 2 rings (SSSR count). The Morgan fingerprint density at radius 3 is 2.58 bits per heavy atom. The Balaban J connectivity index is 1.99. The minimum atomic E-state index is -0.384. The highest BCUT2D eigenvalue weighted by atomic mass is 16.2. The third kappa shape index (κ3) is 3.11. The number of fused-ring (bicyclic) bond motifs is 1. The summed E-state index contributed by atoms with van der Waals surface area (Å²) < 4.78 is 0. The van der Waals surface area contributed by atoms with Crippen molar-refractivity contribution in [2.24, 2.45) is 17.1 Å². The first-order chi connectivity index (χ1) is 8.80. The van der Waals surface area contributed by atoms with Crippen LogP contribution in [-0.4, -0.2) is 54.5 Å². The summed E-state index contributed by atoms with van der Waals surface area (Å²) in [6.45, 7) is 9.09. The fourth-order valence-electron chi connectivity index (χ4n) is 3.42. The van der Waals surface area contributed by atoms with E-state index >= 15 is 0 Å². The molecule has 2 aliphatic rings. The van der Waals surface area contributed by atoms with Gasteiger partial charge in [-0.25, -0.2) is 0 Å². The second kappa shape index (κ2) is 5.41. The van der Waals surface area contributed by atoms with Crippen LogP contribution in [0.2, 0.25) is 0 Å². The number of carbonyl (C=O) groups is 1. The van der Waals surface area contributed by atoms with Gasteiger partial charge in [0, 0.05) is 19.1 Å². The average Bonchev–Trinajstić information content (AvgIpc) is 2.36. The molecule has 0 radical (unpaired) electrons. The van der Waals surface area contributed by atoms with E-state index in [-0.39, 0.29) is 17.4 Å². The predicted octanol–water partition coefficient (Wildman–Crippen LogP) is 1.30. The van der Waals surface area contributed by atoms with E-state index in [4.69, 9.17) is 5.73 Å². The van der Waals surface area contributed by atoms with E-state index in [1.807, 2.05) is 25.7 Å². The van der Waals surface area contributed by atoms with Crippen LogP contribution in [0.4, 0.5) is 0 Å². The molecule has 2 unspecified atom stereocenters. The van der Waals surface area contributed by atoms with Gasteiger partial charge in [0.2, 0.25) is 5.91 Å². The summed E-state index contributed by atoms with van der Waals surface area (Å²) in [6.07, 6.45) is 3.61. The molecule has 4 heteroatoms. The maximum absolute atomic E-state index is 12.5. The molecule has 0 aromatic carbocycles. The molecule has 4 nitrogen and oxygen atoms in total. The van der Waals surface area contributed by atoms with Gasteiger partial charge in [-0.3, -0.25) is 4.79 Å². The minimum absolute atomic E-state index is 0.138. The van der Waals surface area contributed by atoms with Gasteiger partial charge in [-0.05, 0) is 44.2 Å². The van der Waals surface area contributed by atoms with Crippen LogP contribution in [0, 0.1) is 11.3 Å². The van der Waals surface area contributed by atoms with Crippen molar-refractivity contribution >= 4 is 5.91 Å². The zero-order valence-electron chi connectivity index (χ0n) is 12.9. The third-order valence-electron chi connectivity index (χ3n) is 4.86. The number of hydrogen-bond donors (Lipinski definition) is 1. The summed E-state index contributed by atoms with van der Waals surface area (Å²) in [5.74, 6) is 0.780. The molecule has 110 valence electrons. The monoisotopic (exact) mass is 267 g/mol. The molecule has 3 atom stereocenters. The molecule has 2 heterocycles. The molecule has 0 bridgehead atoms. The van der Waals surface area contributed by atoms with Crippen molar-refractivity contribution in [2.75, 3.05) is 26.7 Å². The smallest absolute Gasteiger partial charge is 0.240 e. The Morgan fingerprint density at radius 1 is 1.26 bits per heavy atom. The lowest BCUT2D eigenvalue weighted by molar-refractivity contribution is -0.138. The standard InChI is InChI=1S/C15H29N3O/c1-15(2,3)13(16)14(19)18-9-7-12-11(10-18)6-5-8-17(12)4/h11-13H,5-10,16H2,1-4H3/t11?,12?,13-/m1/s1. The summed E-state index contributed by atoms with van der Waals surface area (Å²) in [4.78, 5) is 17.0. The van der Waals surface area contributed by atoms with Crippen molar-refractivity contribution in [1.29, 1.82) is 0 Å². The van der Waals surface area contributed by atoms with Gasteiger partial charge < -0.3 is 15.5 Å². The van der Waals surface area contributed by atoms with Gasteiger partial charge in [0.05, 0.1) is 6.04 Å². The van der Waals surface area contributed by atoms with Crippen LogP contribution in [0.15, 0.2) is 0 Å². The number of nitrogens with two attached hydrogens (primary N) is 1. The van der Waals surface area contributed by atoms with E-state index in [2.05, 4.69) is 11.9 Å². The van der Waals surface area contributed by atoms with Crippen LogP contribution in [0.3, 0.4) is 0 Å². The topological polar surface area (TPSA) is 49.6 Å². The lowest BCUT2D eigenvalue weighted by atomic mass is 9.82. The SMILES string of the molecule is CN1CCCC2CN(C(=O)[C@@H](N)C(C)(C)C)CCC21. The maximum Gasteiger partial charge on any atom is 0.240 e. The first-order valence-corrected chi connectivity index (χ1v) is 7.55.